The van der Waals surface area contributed by atoms with Crippen LogP contribution >= 0.6 is 0 Å². The largest absolute Gasteiger partial charge is 0.311 e. The van der Waals surface area contributed by atoms with Crippen LogP contribution in [0.15, 0.2) is 23.1 Å². The van der Waals surface area contributed by atoms with Crippen molar-refractivity contribution in [1.29, 1.82) is 0 Å². The molecule has 132 valence electrons. The lowest BCUT2D eigenvalue weighted by molar-refractivity contribution is -0.116. The minimum absolute atomic E-state index is 0.0126. The fourth-order valence-corrected chi connectivity index (χ4v) is 5.50. The van der Waals surface area contributed by atoms with E-state index in [0.717, 1.165) is 11.3 Å². The van der Waals surface area contributed by atoms with Crippen LogP contribution in [-0.4, -0.2) is 49.8 Å². The molecule has 6 nitrogen and oxygen atoms in total. The third-order valence-electron chi connectivity index (χ3n) is 5.19. The molecule has 0 aliphatic carbocycles. The van der Waals surface area contributed by atoms with Crippen LogP contribution in [0.4, 0.5) is 5.69 Å². The molecule has 0 radical (unpaired) electrons. The van der Waals surface area contributed by atoms with Gasteiger partial charge in [0, 0.05) is 43.8 Å². The van der Waals surface area contributed by atoms with Crippen LogP contribution in [0.1, 0.15) is 33.3 Å². The summed E-state index contributed by atoms with van der Waals surface area (Å²) >= 11 is 0. The van der Waals surface area contributed by atoms with Gasteiger partial charge in [-0.1, -0.05) is 0 Å². The monoisotopic (exact) mass is 351 g/mol. The molecule has 1 fully saturated rings. The van der Waals surface area contributed by atoms with Gasteiger partial charge in [0.25, 0.3) is 0 Å². The maximum Gasteiger partial charge on any atom is 0.243 e. The van der Waals surface area contributed by atoms with Gasteiger partial charge in [-0.2, -0.15) is 4.31 Å². The van der Waals surface area contributed by atoms with Gasteiger partial charge < -0.3 is 10.2 Å². The molecule has 2 heterocycles. The number of carbonyl (C=O) groups is 1. The normalized spacial score (nSPS) is 28.0. The maximum atomic E-state index is 13.1. The fraction of sp³-hybridized carbons (Fsp3) is 0.588. The topological polar surface area (TPSA) is 69.7 Å². The lowest BCUT2D eigenvalue weighted by Crippen LogP contribution is -2.57. The Labute approximate surface area is 143 Å². The third-order valence-corrected chi connectivity index (χ3v) is 7.17. The number of sulfonamides is 1. The summed E-state index contributed by atoms with van der Waals surface area (Å²) < 4.78 is 27.7. The van der Waals surface area contributed by atoms with Gasteiger partial charge in [0.15, 0.2) is 0 Å². The second kappa shape index (κ2) is 6.13. The maximum absolute atomic E-state index is 13.1. The second-order valence-electron chi connectivity index (χ2n) is 6.83. The Bertz CT molecular complexity index is 762. The van der Waals surface area contributed by atoms with E-state index in [-0.39, 0.29) is 24.0 Å². The summed E-state index contributed by atoms with van der Waals surface area (Å²) in [6.45, 7) is 8.59. The predicted molar refractivity (Wildman–Crippen MR) is 93.6 cm³/mol. The molecule has 2 aliphatic heterocycles. The van der Waals surface area contributed by atoms with E-state index < -0.39 is 10.0 Å². The van der Waals surface area contributed by atoms with E-state index in [1.807, 2.05) is 20.8 Å². The molecule has 2 aliphatic rings. The number of nitrogens with zero attached hydrogens (tertiary/aromatic N) is 2. The van der Waals surface area contributed by atoms with Crippen LogP contribution in [0, 0.1) is 0 Å². The number of rotatable bonds is 2. The zero-order valence-corrected chi connectivity index (χ0v) is 15.4. The molecule has 0 aromatic heterocycles. The van der Waals surface area contributed by atoms with Crippen LogP contribution in [0.25, 0.3) is 0 Å². The molecule has 7 heteroatoms. The van der Waals surface area contributed by atoms with Gasteiger partial charge in [-0.15, -0.1) is 0 Å². The Morgan fingerprint density at radius 3 is 2.62 bits per heavy atom. The fourth-order valence-electron chi connectivity index (χ4n) is 3.75. The van der Waals surface area contributed by atoms with E-state index in [9.17, 15) is 13.2 Å². The Kier molecular flexibility index (Phi) is 4.44. The van der Waals surface area contributed by atoms with Crippen LogP contribution in [0.3, 0.4) is 0 Å². The summed E-state index contributed by atoms with van der Waals surface area (Å²) in [5.41, 5.74) is 1.75. The molecule has 0 bridgehead atoms. The molecule has 1 amide bonds. The van der Waals surface area contributed by atoms with Crippen molar-refractivity contribution in [3.8, 4) is 0 Å². The van der Waals surface area contributed by atoms with Crippen molar-refractivity contribution < 1.29 is 13.2 Å². The summed E-state index contributed by atoms with van der Waals surface area (Å²) in [7, 11) is -3.53. The molecule has 3 rings (SSSR count). The second-order valence-corrected chi connectivity index (χ2v) is 8.72. The minimum Gasteiger partial charge on any atom is -0.311 e. The highest BCUT2D eigenvalue weighted by Crippen LogP contribution is 2.35. The van der Waals surface area contributed by atoms with Crippen molar-refractivity contribution in [2.75, 3.05) is 18.0 Å². The molecule has 0 saturated carbocycles. The number of anilines is 1. The van der Waals surface area contributed by atoms with E-state index in [1.165, 1.54) is 0 Å². The van der Waals surface area contributed by atoms with Crippen LogP contribution in [0.2, 0.25) is 0 Å². The van der Waals surface area contributed by atoms with E-state index >= 15 is 0 Å². The first-order chi connectivity index (χ1) is 11.2. The van der Waals surface area contributed by atoms with Crippen molar-refractivity contribution in [3.63, 3.8) is 0 Å². The van der Waals surface area contributed by atoms with E-state index in [1.54, 1.807) is 34.3 Å². The van der Waals surface area contributed by atoms with Gasteiger partial charge in [-0.3, -0.25) is 4.79 Å². The molecule has 3 atom stereocenters. The average molecular weight is 351 g/mol. The van der Waals surface area contributed by atoms with Gasteiger partial charge in [0.05, 0.1) is 4.90 Å². The summed E-state index contributed by atoms with van der Waals surface area (Å²) in [5.74, 6) is -0.0126. The molecular weight excluding hydrogens is 326 g/mol. The molecule has 0 spiro atoms. The zero-order chi connectivity index (χ0) is 17.6. The summed E-state index contributed by atoms with van der Waals surface area (Å²) in [4.78, 5) is 13.9. The smallest absolute Gasteiger partial charge is 0.243 e. The van der Waals surface area contributed by atoms with E-state index in [2.05, 4.69) is 5.32 Å². The van der Waals surface area contributed by atoms with Gasteiger partial charge in [-0.25, -0.2) is 8.42 Å². The zero-order valence-electron chi connectivity index (χ0n) is 14.6. The number of fused-ring (bicyclic) bond motifs is 1. The Balaban J connectivity index is 1.97. The highest BCUT2D eigenvalue weighted by atomic mass is 32.2. The van der Waals surface area contributed by atoms with Crippen molar-refractivity contribution in [1.82, 2.24) is 9.62 Å². The van der Waals surface area contributed by atoms with Gasteiger partial charge in [0.2, 0.25) is 15.9 Å². The van der Waals surface area contributed by atoms with Crippen LogP contribution in [-0.2, 0) is 21.2 Å². The third kappa shape index (κ3) is 2.74. The van der Waals surface area contributed by atoms with Crippen molar-refractivity contribution in [2.24, 2.45) is 0 Å². The number of benzene rings is 1. The first-order valence-electron chi connectivity index (χ1n) is 8.41. The Morgan fingerprint density at radius 2 is 1.96 bits per heavy atom. The Morgan fingerprint density at radius 1 is 1.25 bits per heavy atom. The van der Waals surface area contributed by atoms with E-state index in [4.69, 9.17) is 0 Å². The van der Waals surface area contributed by atoms with Crippen LogP contribution in [0.5, 0.6) is 0 Å². The lowest BCUT2D eigenvalue weighted by atomic mass is 10.1. The molecule has 1 aromatic carbocycles. The Hall–Kier alpha value is -1.44. The van der Waals surface area contributed by atoms with Crippen molar-refractivity contribution >= 4 is 21.6 Å². The summed E-state index contributed by atoms with van der Waals surface area (Å²) in [6.07, 6.45) is 0.686. The van der Waals surface area contributed by atoms with Crippen molar-refractivity contribution in [2.45, 2.75) is 57.1 Å². The molecule has 3 unspecified atom stereocenters. The first-order valence-corrected chi connectivity index (χ1v) is 9.85. The number of hydrogen-bond donors (Lipinski definition) is 1. The average Bonchev–Trinajstić information content (AvgIpc) is 2.84. The van der Waals surface area contributed by atoms with Crippen LogP contribution < -0.4 is 10.2 Å². The van der Waals surface area contributed by atoms with Gasteiger partial charge in [0.1, 0.15) is 0 Å². The predicted octanol–water partition coefficient (Wildman–Crippen LogP) is 1.35. The number of carbonyl (C=O) groups excluding carboxylic acids is 1. The first kappa shape index (κ1) is 17.4. The van der Waals surface area contributed by atoms with E-state index in [0.29, 0.717) is 24.4 Å². The molecule has 1 N–H and O–H groups in total. The SMILES string of the molecule is CC(=O)N1c2ccc(S(=O)(=O)N3CCNC(C)C3C)cc2CC1C. The number of piperazine rings is 1. The highest BCUT2D eigenvalue weighted by Gasteiger charge is 2.36. The molecule has 24 heavy (non-hydrogen) atoms. The molecule has 1 saturated heterocycles. The van der Waals surface area contributed by atoms with Crippen molar-refractivity contribution in [3.05, 3.63) is 23.8 Å². The molecular formula is C17H25N3O3S. The summed E-state index contributed by atoms with van der Waals surface area (Å²) in [6, 6.07) is 5.23. The number of hydrogen-bond acceptors (Lipinski definition) is 4. The minimum atomic E-state index is -3.53. The summed E-state index contributed by atoms with van der Waals surface area (Å²) in [5, 5.41) is 3.30. The number of amides is 1. The quantitative estimate of drug-likeness (QED) is 0.873. The van der Waals surface area contributed by atoms with Gasteiger partial charge >= 0.3 is 0 Å². The standard InChI is InChI=1S/C17H25N3O3S/c1-11-9-15-10-16(5-6-17(15)20(11)14(4)21)24(22,23)19-8-7-18-12(2)13(19)3/h5-6,10-13,18H,7-9H2,1-4H3. The highest BCUT2D eigenvalue weighted by molar-refractivity contribution is 7.89. The van der Waals surface area contributed by atoms with Gasteiger partial charge in [-0.05, 0) is 51.0 Å². The molecule has 1 aromatic rings. The lowest BCUT2D eigenvalue weighted by Gasteiger charge is -2.37. The number of nitrogens with one attached hydrogen (secondary N) is 1.